The highest BCUT2D eigenvalue weighted by molar-refractivity contribution is 5.94. The number of benzene rings is 1. The van der Waals surface area contributed by atoms with E-state index >= 15 is 0 Å². The zero-order valence-corrected chi connectivity index (χ0v) is 14.3. The molecule has 1 amide bonds. The number of methoxy groups -OCH3 is 1. The molecule has 0 aliphatic rings. The van der Waals surface area contributed by atoms with Crippen molar-refractivity contribution in [3.8, 4) is 0 Å². The predicted molar refractivity (Wildman–Crippen MR) is 87.7 cm³/mol. The van der Waals surface area contributed by atoms with Crippen LogP contribution >= 0.6 is 0 Å². The first-order valence-electron chi connectivity index (χ1n) is 7.71. The maximum absolute atomic E-state index is 13.8. The Kier molecular flexibility index (Phi) is 7.61. The number of hydrogen-bond acceptors (Lipinski definition) is 4. The third-order valence-corrected chi connectivity index (χ3v) is 4.09. The lowest BCUT2D eigenvalue weighted by Gasteiger charge is -2.33. The van der Waals surface area contributed by atoms with Crippen molar-refractivity contribution in [2.24, 2.45) is 11.7 Å². The first-order chi connectivity index (χ1) is 10.8. The average Bonchev–Trinajstić information content (AvgIpc) is 2.52. The van der Waals surface area contributed by atoms with Crippen molar-refractivity contribution < 1.29 is 18.7 Å². The molecule has 1 atom stereocenters. The van der Waals surface area contributed by atoms with Gasteiger partial charge in [-0.25, -0.2) is 4.39 Å². The lowest BCUT2D eigenvalue weighted by Crippen LogP contribution is -2.55. The normalized spacial score (nSPS) is 13.9. The fourth-order valence-corrected chi connectivity index (χ4v) is 1.91. The highest BCUT2D eigenvalue weighted by Gasteiger charge is 2.29. The van der Waals surface area contributed by atoms with Gasteiger partial charge in [-0.15, -0.1) is 0 Å². The second-order valence-corrected chi connectivity index (χ2v) is 6.08. The van der Waals surface area contributed by atoms with Crippen LogP contribution in [0.15, 0.2) is 18.2 Å². The van der Waals surface area contributed by atoms with E-state index in [-0.39, 0.29) is 18.4 Å². The zero-order valence-electron chi connectivity index (χ0n) is 14.3. The van der Waals surface area contributed by atoms with Crippen LogP contribution in [0.1, 0.15) is 36.7 Å². The molecule has 0 spiro atoms. The summed E-state index contributed by atoms with van der Waals surface area (Å²) in [4.78, 5) is 12.4. The summed E-state index contributed by atoms with van der Waals surface area (Å²) in [5.41, 5.74) is 5.99. The molecule has 0 aromatic heterocycles. The molecule has 0 aliphatic carbocycles. The summed E-state index contributed by atoms with van der Waals surface area (Å²) < 4.78 is 24.0. The minimum absolute atomic E-state index is 0.0919. The van der Waals surface area contributed by atoms with Crippen LogP contribution in [0, 0.1) is 11.7 Å². The number of amides is 1. The summed E-state index contributed by atoms with van der Waals surface area (Å²) in [7, 11) is 1.57. The smallest absolute Gasteiger partial charge is 0.251 e. The van der Waals surface area contributed by atoms with Crippen LogP contribution in [-0.2, 0) is 16.1 Å². The van der Waals surface area contributed by atoms with Crippen molar-refractivity contribution in [1.29, 1.82) is 0 Å². The maximum Gasteiger partial charge on any atom is 0.251 e. The summed E-state index contributed by atoms with van der Waals surface area (Å²) in [5, 5.41) is 2.93. The van der Waals surface area contributed by atoms with Gasteiger partial charge in [0.05, 0.1) is 25.4 Å². The third-order valence-electron chi connectivity index (χ3n) is 4.09. The van der Waals surface area contributed by atoms with Crippen molar-refractivity contribution in [2.45, 2.75) is 32.9 Å². The summed E-state index contributed by atoms with van der Waals surface area (Å²) in [5.74, 6) is -0.497. The van der Waals surface area contributed by atoms with Gasteiger partial charge in [0.2, 0.25) is 0 Å². The highest BCUT2D eigenvalue weighted by atomic mass is 19.1. The highest BCUT2D eigenvalue weighted by Crippen LogP contribution is 2.17. The molecule has 0 bridgehead atoms. The van der Waals surface area contributed by atoms with Crippen molar-refractivity contribution in [1.82, 2.24) is 5.32 Å². The molecule has 6 heteroatoms. The van der Waals surface area contributed by atoms with E-state index in [9.17, 15) is 9.18 Å². The van der Waals surface area contributed by atoms with E-state index in [4.69, 9.17) is 15.2 Å². The van der Waals surface area contributed by atoms with E-state index < -0.39 is 11.4 Å². The van der Waals surface area contributed by atoms with Crippen LogP contribution in [-0.4, -0.2) is 38.3 Å². The van der Waals surface area contributed by atoms with Crippen molar-refractivity contribution in [2.75, 3.05) is 26.9 Å². The number of carbonyl (C=O) groups is 1. The number of nitrogens with two attached hydrogens (primary N) is 1. The van der Waals surface area contributed by atoms with Gasteiger partial charge in [-0.2, -0.15) is 0 Å². The SMILES string of the molecule is COCCOCc1cc(C(=O)NC(C)(CN)C(C)C)ccc1F. The van der Waals surface area contributed by atoms with Gasteiger partial charge in [0, 0.05) is 24.8 Å². The Balaban J connectivity index is 2.81. The van der Waals surface area contributed by atoms with E-state index in [0.29, 0.717) is 30.9 Å². The second-order valence-electron chi connectivity index (χ2n) is 6.08. The maximum atomic E-state index is 13.8. The third kappa shape index (κ3) is 5.57. The first kappa shape index (κ1) is 19.5. The standard InChI is InChI=1S/C17H27FN2O3/c1-12(2)17(3,11-19)20-16(21)13-5-6-15(18)14(9-13)10-23-8-7-22-4/h5-6,9,12H,7-8,10-11,19H2,1-4H3,(H,20,21). The van der Waals surface area contributed by atoms with E-state index in [0.717, 1.165) is 0 Å². The molecule has 1 rings (SSSR count). The predicted octanol–water partition coefficient (Wildman–Crippen LogP) is 2.09. The summed E-state index contributed by atoms with van der Waals surface area (Å²) >= 11 is 0. The Bertz CT molecular complexity index is 523. The number of rotatable bonds is 9. The second kappa shape index (κ2) is 8.96. The molecular formula is C17H27FN2O3. The molecule has 0 aliphatic heterocycles. The Morgan fingerprint density at radius 3 is 2.65 bits per heavy atom. The van der Waals surface area contributed by atoms with Gasteiger partial charge < -0.3 is 20.5 Å². The van der Waals surface area contributed by atoms with Gasteiger partial charge >= 0.3 is 0 Å². The Morgan fingerprint density at radius 1 is 1.39 bits per heavy atom. The van der Waals surface area contributed by atoms with Crippen LogP contribution in [0.5, 0.6) is 0 Å². The summed E-state index contributed by atoms with van der Waals surface area (Å²) in [6.45, 7) is 7.10. The molecule has 0 fully saturated rings. The molecule has 23 heavy (non-hydrogen) atoms. The molecule has 0 heterocycles. The summed E-state index contributed by atoms with van der Waals surface area (Å²) in [6.07, 6.45) is 0. The lowest BCUT2D eigenvalue weighted by atomic mass is 9.88. The van der Waals surface area contributed by atoms with Crippen LogP contribution in [0.25, 0.3) is 0 Å². The van der Waals surface area contributed by atoms with Gasteiger partial charge in [0.25, 0.3) is 5.91 Å². The molecule has 0 saturated heterocycles. The monoisotopic (exact) mass is 326 g/mol. The molecular weight excluding hydrogens is 299 g/mol. The largest absolute Gasteiger partial charge is 0.382 e. The van der Waals surface area contributed by atoms with Crippen molar-refractivity contribution in [3.63, 3.8) is 0 Å². The Labute approximate surface area is 137 Å². The number of carbonyl (C=O) groups excluding carboxylic acids is 1. The van der Waals surface area contributed by atoms with Crippen LogP contribution in [0.3, 0.4) is 0 Å². The van der Waals surface area contributed by atoms with E-state index in [1.165, 1.54) is 18.2 Å². The molecule has 1 aromatic rings. The molecule has 1 aromatic carbocycles. The lowest BCUT2D eigenvalue weighted by molar-refractivity contribution is 0.0603. The Morgan fingerprint density at radius 2 is 2.09 bits per heavy atom. The number of ether oxygens (including phenoxy) is 2. The molecule has 3 N–H and O–H groups in total. The minimum atomic E-state index is -0.513. The van der Waals surface area contributed by atoms with E-state index in [1.807, 2.05) is 20.8 Å². The van der Waals surface area contributed by atoms with E-state index in [1.54, 1.807) is 7.11 Å². The summed E-state index contributed by atoms with van der Waals surface area (Å²) in [6, 6.07) is 4.24. The van der Waals surface area contributed by atoms with Crippen molar-refractivity contribution >= 4 is 5.91 Å². The fraction of sp³-hybridized carbons (Fsp3) is 0.588. The van der Waals surface area contributed by atoms with Crippen LogP contribution in [0.2, 0.25) is 0 Å². The van der Waals surface area contributed by atoms with Crippen molar-refractivity contribution in [3.05, 3.63) is 35.1 Å². The van der Waals surface area contributed by atoms with Crippen LogP contribution < -0.4 is 11.1 Å². The average molecular weight is 326 g/mol. The molecule has 0 saturated carbocycles. The molecule has 1 unspecified atom stereocenters. The number of halogens is 1. The fourth-order valence-electron chi connectivity index (χ4n) is 1.91. The molecule has 5 nitrogen and oxygen atoms in total. The minimum Gasteiger partial charge on any atom is -0.382 e. The molecule has 0 radical (unpaired) electrons. The van der Waals surface area contributed by atoms with Gasteiger partial charge in [-0.3, -0.25) is 4.79 Å². The molecule has 130 valence electrons. The number of hydrogen-bond donors (Lipinski definition) is 2. The first-order valence-corrected chi connectivity index (χ1v) is 7.71. The number of nitrogens with one attached hydrogen (secondary N) is 1. The Hall–Kier alpha value is -1.50. The topological polar surface area (TPSA) is 73.6 Å². The zero-order chi connectivity index (χ0) is 17.5. The quantitative estimate of drug-likeness (QED) is 0.682. The van der Waals surface area contributed by atoms with Gasteiger partial charge in [0.15, 0.2) is 0 Å². The van der Waals surface area contributed by atoms with Gasteiger partial charge in [0.1, 0.15) is 5.82 Å². The van der Waals surface area contributed by atoms with E-state index in [2.05, 4.69) is 5.32 Å². The van der Waals surface area contributed by atoms with Crippen LogP contribution in [0.4, 0.5) is 4.39 Å². The van der Waals surface area contributed by atoms with Gasteiger partial charge in [-0.1, -0.05) is 13.8 Å². The van der Waals surface area contributed by atoms with Gasteiger partial charge in [-0.05, 0) is 31.0 Å².